The largest absolute Gasteiger partial charge is 0.353 e. The number of nitrogens with one attached hydrogen (secondary N) is 1. The first-order chi connectivity index (χ1) is 9.68. The fraction of sp³-hybridized carbons (Fsp3) is 0.941. The lowest BCUT2D eigenvalue weighted by Crippen LogP contribution is -2.50. The summed E-state index contributed by atoms with van der Waals surface area (Å²) in [6.07, 6.45) is 13.1. The maximum absolute atomic E-state index is 12.8. The van der Waals surface area contributed by atoms with Gasteiger partial charge in [0.25, 0.3) is 0 Å². The second-order valence-electron chi connectivity index (χ2n) is 7.09. The molecule has 2 unspecified atom stereocenters. The van der Waals surface area contributed by atoms with Gasteiger partial charge in [-0.15, -0.1) is 0 Å². The third kappa shape index (κ3) is 3.75. The van der Waals surface area contributed by atoms with Gasteiger partial charge in [0, 0.05) is 12.6 Å². The van der Waals surface area contributed by atoms with E-state index in [1.54, 1.807) is 0 Å². The van der Waals surface area contributed by atoms with Crippen LogP contribution in [0.5, 0.6) is 0 Å². The van der Waals surface area contributed by atoms with Crippen molar-refractivity contribution in [2.45, 2.75) is 83.6 Å². The molecule has 3 nitrogen and oxygen atoms in total. The van der Waals surface area contributed by atoms with E-state index in [4.69, 9.17) is 5.73 Å². The van der Waals surface area contributed by atoms with E-state index in [2.05, 4.69) is 12.2 Å². The minimum absolute atomic E-state index is 0.251. The van der Waals surface area contributed by atoms with Gasteiger partial charge in [0.2, 0.25) is 5.91 Å². The zero-order chi connectivity index (χ0) is 14.4. The van der Waals surface area contributed by atoms with Crippen LogP contribution in [0.3, 0.4) is 0 Å². The predicted octanol–water partition coefficient (Wildman–Crippen LogP) is 3.37. The average molecular weight is 280 g/mol. The molecule has 0 radical (unpaired) electrons. The van der Waals surface area contributed by atoms with Crippen LogP contribution in [0, 0.1) is 11.3 Å². The van der Waals surface area contributed by atoms with Gasteiger partial charge < -0.3 is 11.1 Å². The van der Waals surface area contributed by atoms with Crippen LogP contribution in [0.4, 0.5) is 0 Å². The summed E-state index contributed by atoms with van der Waals surface area (Å²) in [5.41, 5.74) is 5.74. The molecule has 3 heteroatoms. The van der Waals surface area contributed by atoms with Crippen molar-refractivity contribution in [1.82, 2.24) is 5.32 Å². The molecule has 20 heavy (non-hydrogen) atoms. The summed E-state index contributed by atoms with van der Waals surface area (Å²) in [5, 5.41) is 3.38. The summed E-state index contributed by atoms with van der Waals surface area (Å²) in [4.78, 5) is 12.8. The van der Waals surface area contributed by atoms with E-state index >= 15 is 0 Å². The van der Waals surface area contributed by atoms with E-state index in [-0.39, 0.29) is 11.3 Å². The molecule has 3 N–H and O–H groups in total. The fourth-order valence-electron chi connectivity index (χ4n) is 3.96. The minimum atomic E-state index is -0.275. The Morgan fingerprint density at radius 3 is 2.30 bits per heavy atom. The highest BCUT2D eigenvalue weighted by molar-refractivity contribution is 5.83. The highest BCUT2D eigenvalue weighted by atomic mass is 16.2. The first kappa shape index (κ1) is 15.8. The summed E-state index contributed by atoms with van der Waals surface area (Å²) >= 11 is 0. The van der Waals surface area contributed by atoms with Crippen molar-refractivity contribution in [2.75, 3.05) is 6.54 Å². The number of amides is 1. The molecule has 2 aliphatic carbocycles. The van der Waals surface area contributed by atoms with Gasteiger partial charge in [-0.2, -0.15) is 0 Å². The Hall–Kier alpha value is -0.570. The Morgan fingerprint density at radius 1 is 1.05 bits per heavy atom. The minimum Gasteiger partial charge on any atom is -0.353 e. The zero-order valence-corrected chi connectivity index (χ0v) is 13.1. The molecular formula is C17H32N2O. The number of rotatable bonds is 3. The topological polar surface area (TPSA) is 55.1 Å². The van der Waals surface area contributed by atoms with Crippen molar-refractivity contribution in [2.24, 2.45) is 17.1 Å². The molecule has 2 aliphatic rings. The third-order valence-electron chi connectivity index (χ3n) is 5.61. The molecule has 0 aromatic carbocycles. The molecule has 2 rings (SSSR count). The van der Waals surface area contributed by atoms with Crippen molar-refractivity contribution in [3.05, 3.63) is 0 Å². The summed E-state index contributed by atoms with van der Waals surface area (Å²) in [6.45, 7) is 2.80. The SMILES string of the molecule is CC1CCCCCC1NC(=O)C1(CN)CCCCCC1. The molecule has 0 spiro atoms. The maximum atomic E-state index is 12.8. The Morgan fingerprint density at radius 2 is 1.65 bits per heavy atom. The van der Waals surface area contributed by atoms with Crippen LogP contribution >= 0.6 is 0 Å². The summed E-state index contributed by atoms with van der Waals surface area (Å²) < 4.78 is 0. The second-order valence-corrected chi connectivity index (χ2v) is 7.09. The first-order valence-electron chi connectivity index (χ1n) is 8.69. The monoisotopic (exact) mass is 280 g/mol. The number of carbonyl (C=O) groups is 1. The van der Waals surface area contributed by atoms with E-state index in [0.29, 0.717) is 18.5 Å². The molecule has 0 bridgehead atoms. The molecule has 0 saturated heterocycles. The van der Waals surface area contributed by atoms with Gasteiger partial charge in [0.05, 0.1) is 5.41 Å². The Labute approximate surface area is 124 Å². The maximum Gasteiger partial charge on any atom is 0.227 e. The van der Waals surface area contributed by atoms with E-state index < -0.39 is 0 Å². The predicted molar refractivity (Wildman–Crippen MR) is 83.4 cm³/mol. The van der Waals surface area contributed by atoms with Crippen LogP contribution in [0.25, 0.3) is 0 Å². The van der Waals surface area contributed by atoms with Crippen molar-refractivity contribution in [1.29, 1.82) is 0 Å². The van der Waals surface area contributed by atoms with Crippen LogP contribution in [-0.4, -0.2) is 18.5 Å². The summed E-state index contributed by atoms with van der Waals surface area (Å²) in [6, 6.07) is 0.372. The van der Waals surface area contributed by atoms with Gasteiger partial charge in [-0.3, -0.25) is 4.79 Å². The van der Waals surface area contributed by atoms with E-state index in [1.807, 2.05) is 0 Å². The van der Waals surface area contributed by atoms with Crippen molar-refractivity contribution in [3.63, 3.8) is 0 Å². The second kappa shape index (κ2) is 7.44. The van der Waals surface area contributed by atoms with Crippen LogP contribution in [-0.2, 0) is 4.79 Å². The normalized spacial score (nSPS) is 31.1. The molecule has 1 amide bonds. The van der Waals surface area contributed by atoms with Crippen molar-refractivity contribution in [3.8, 4) is 0 Å². The molecular weight excluding hydrogens is 248 g/mol. The van der Waals surface area contributed by atoms with E-state index in [9.17, 15) is 4.79 Å². The Bertz CT molecular complexity index is 308. The van der Waals surface area contributed by atoms with Crippen LogP contribution < -0.4 is 11.1 Å². The molecule has 0 aliphatic heterocycles. The lowest BCUT2D eigenvalue weighted by atomic mass is 9.79. The van der Waals surface area contributed by atoms with Gasteiger partial charge in [-0.25, -0.2) is 0 Å². The van der Waals surface area contributed by atoms with Crippen LogP contribution in [0.1, 0.15) is 77.6 Å². The fourth-order valence-corrected chi connectivity index (χ4v) is 3.96. The lowest BCUT2D eigenvalue weighted by molar-refractivity contribution is -0.132. The first-order valence-corrected chi connectivity index (χ1v) is 8.69. The summed E-state index contributed by atoms with van der Waals surface area (Å²) in [7, 11) is 0. The van der Waals surface area contributed by atoms with E-state index in [1.165, 1.54) is 38.5 Å². The standard InChI is InChI=1S/C17H32N2O/c1-14-9-5-4-6-10-15(14)19-16(20)17(13-18)11-7-2-3-8-12-17/h14-15H,2-13,18H2,1H3,(H,19,20). The average Bonchev–Trinajstić information content (AvgIpc) is 2.81. The van der Waals surface area contributed by atoms with Gasteiger partial charge in [-0.05, 0) is 31.6 Å². The van der Waals surface area contributed by atoms with Crippen LogP contribution in [0.2, 0.25) is 0 Å². The van der Waals surface area contributed by atoms with Crippen molar-refractivity contribution >= 4 is 5.91 Å². The molecule has 0 aromatic rings. The van der Waals surface area contributed by atoms with Gasteiger partial charge in [0.1, 0.15) is 0 Å². The Balaban J connectivity index is 2.00. The lowest BCUT2D eigenvalue weighted by Gasteiger charge is -2.33. The number of nitrogens with two attached hydrogens (primary N) is 1. The summed E-state index contributed by atoms with van der Waals surface area (Å²) in [5.74, 6) is 0.864. The molecule has 2 saturated carbocycles. The molecule has 0 aromatic heterocycles. The van der Waals surface area contributed by atoms with Crippen LogP contribution in [0.15, 0.2) is 0 Å². The number of hydrogen-bond donors (Lipinski definition) is 2. The zero-order valence-electron chi connectivity index (χ0n) is 13.1. The quantitative estimate of drug-likeness (QED) is 0.779. The highest BCUT2D eigenvalue weighted by Gasteiger charge is 2.38. The van der Waals surface area contributed by atoms with Gasteiger partial charge in [-0.1, -0.05) is 51.9 Å². The van der Waals surface area contributed by atoms with E-state index in [0.717, 1.165) is 32.1 Å². The number of carbonyl (C=O) groups excluding carboxylic acids is 1. The highest BCUT2D eigenvalue weighted by Crippen LogP contribution is 2.35. The smallest absolute Gasteiger partial charge is 0.227 e. The van der Waals surface area contributed by atoms with Gasteiger partial charge >= 0.3 is 0 Å². The molecule has 0 heterocycles. The van der Waals surface area contributed by atoms with Crippen molar-refractivity contribution < 1.29 is 4.79 Å². The molecule has 116 valence electrons. The number of hydrogen-bond acceptors (Lipinski definition) is 2. The van der Waals surface area contributed by atoms with Gasteiger partial charge in [0.15, 0.2) is 0 Å². The third-order valence-corrected chi connectivity index (χ3v) is 5.61. The molecule has 2 atom stereocenters. The Kier molecular flexibility index (Phi) is 5.88. The molecule has 2 fully saturated rings.